The van der Waals surface area contributed by atoms with Crippen molar-refractivity contribution >= 4 is 11.6 Å². The summed E-state index contributed by atoms with van der Waals surface area (Å²) in [5, 5.41) is 0. The Bertz CT molecular complexity index is 995. The van der Waals surface area contributed by atoms with Crippen molar-refractivity contribution in [1.29, 1.82) is 0 Å². The lowest BCUT2D eigenvalue weighted by Gasteiger charge is -2.38. The van der Waals surface area contributed by atoms with E-state index < -0.39 is 0 Å². The van der Waals surface area contributed by atoms with Gasteiger partial charge in [0.25, 0.3) is 5.91 Å². The molecule has 1 fully saturated rings. The molecule has 1 aliphatic heterocycles. The Kier molecular flexibility index (Phi) is 7.07. The lowest BCUT2D eigenvalue weighted by molar-refractivity contribution is 0.0958. The average molecular weight is 431 g/mol. The van der Waals surface area contributed by atoms with Gasteiger partial charge in [-0.3, -0.25) is 9.69 Å². The first-order valence-corrected chi connectivity index (χ1v) is 11.1. The van der Waals surface area contributed by atoms with Gasteiger partial charge in [-0.2, -0.15) is 0 Å². The van der Waals surface area contributed by atoms with Gasteiger partial charge in [0.2, 0.25) is 0 Å². The SMILES string of the molecule is COc1ccc(C(=O)N(c2ccc(OC)cc2)C2CCN(Cc3ccccc3)CC2)cc1. The molecule has 0 unspecified atom stereocenters. The van der Waals surface area contributed by atoms with Gasteiger partial charge in [-0.25, -0.2) is 0 Å². The molecule has 5 heteroatoms. The molecule has 0 aromatic heterocycles. The molecule has 32 heavy (non-hydrogen) atoms. The third kappa shape index (κ3) is 5.11. The van der Waals surface area contributed by atoms with Gasteiger partial charge in [0.05, 0.1) is 14.2 Å². The van der Waals surface area contributed by atoms with Crippen molar-refractivity contribution in [2.75, 3.05) is 32.2 Å². The molecule has 0 aliphatic carbocycles. The summed E-state index contributed by atoms with van der Waals surface area (Å²) in [6.45, 7) is 2.87. The molecule has 3 aromatic carbocycles. The summed E-state index contributed by atoms with van der Waals surface area (Å²) in [6.07, 6.45) is 1.86. The monoisotopic (exact) mass is 430 g/mol. The molecule has 0 spiro atoms. The van der Waals surface area contributed by atoms with E-state index in [1.165, 1.54) is 5.56 Å². The van der Waals surface area contributed by atoms with Crippen LogP contribution in [-0.2, 0) is 6.54 Å². The highest BCUT2D eigenvalue weighted by Crippen LogP contribution is 2.28. The third-order valence-corrected chi connectivity index (χ3v) is 6.08. The molecule has 4 rings (SSSR count). The van der Waals surface area contributed by atoms with Gasteiger partial charge in [0, 0.05) is 36.9 Å². The number of hydrogen-bond donors (Lipinski definition) is 0. The third-order valence-electron chi connectivity index (χ3n) is 6.08. The second-order valence-corrected chi connectivity index (χ2v) is 8.09. The maximum absolute atomic E-state index is 13.6. The van der Waals surface area contributed by atoms with Crippen molar-refractivity contribution in [2.45, 2.75) is 25.4 Å². The van der Waals surface area contributed by atoms with E-state index in [9.17, 15) is 4.79 Å². The number of methoxy groups -OCH3 is 2. The summed E-state index contributed by atoms with van der Waals surface area (Å²) in [4.78, 5) is 18.0. The van der Waals surface area contributed by atoms with Crippen LogP contribution in [0.5, 0.6) is 11.5 Å². The first-order valence-electron chi connectivity index (χ1n) is 11.1. The van der Waals surface area contributed by atoms with Crippen LogP contribution < -0.4 is 14.4 Å². The molecule has 5 nitrogen and oxygen atoms in total. The molecule has 1 saturated heterocycles. The van der Waals surface area contributed by atoms with E-state index in [0.29, 0.717) is 5.56 Å². The van der Waals surface area contributed by atoms with Crippen molar-refractivity contribution in [2.24, 2.45) is 0 Å². The van der Waals surface area contributed by atoms with Crippen LogP contribution in [0, 0.1) is 0 Å². The smallest absolute Gasteiger partial charge is 0.258 e. The summed E-state index contributed by atoms with van der Waals surface area (Å²) in [6, 6.07) is 25.8. The van der Waals surface area contributed by atoms with Crippen LogP contribution in [0.4, 0.5) is 5.69 Å². The van der Waals surface area contributed by atoms with Gasteiger partial charge < -0.3 is 14.4 Å². The first kappa shape index (κ1) is 21.9. The number of benzene rings is 3. The number of piperidine rings is 1. The van der Waals surface area contributed by atoms with Crippen LogP contribution in [0.3, 0.4) is 0 Å². The summed E-state index contributed by atoms with van der Waals surface area (Å²) in [7, 11) is 3.28. The van der Waals surface area contributed by atoms with Crippen LogP contribution >= 0.6 is 0 Å². The summed E-state index contributed by atoms with van der Waals surface area (Å²) in [5.41, 5.74) is 2.88. The van der Waals surface area contributed by atoms with Crippen LogP contribution in [0.15, 0.2) is 78.9 Å². The minimum atomic E-state index is 0.0133. The largest absolute Gasteiger partial charge is 0.497 e. The number of carbonyl (C=O) groups excluding carboxylic acids is 1. The van der Waals surface area contributed by atoms with Gasteiger partial charge in [-0.1, -0.05) is 30.3 Å². The number of anilines is 1. The Morgan fingerprint density at radius 1 is 0.844 bits per heavy atom. The molecule has 1 aliphatic rings. The van der Waals surface area contributed by atoms with Crippen LogP contribution in [0.25, 0.3) is 0 Å². The molecule has 0 N–H and O–H groups in total. The highest BCUT2D eigenvalue weighted by atomic mass is 16.5. The fraction of sp³-hybridized carbons (Fsp3) is 0.296. The number of hydrogen-bond acceptors (Lipinski definition) is 4. The normalized spacial score (nSPS) is 14.7. The lowest BCUT2D eigenvalue weighted by Crippen LogP contribution is -2.47. The fourth-order valence-electron chi connectivity index (χ4n) is 4.29. The van der Waals surface area contributed by atoms with Gasteiger partial charge in [-0.05, 0) is 66.9 Å². The lowest BCUT2D eigenvalue weighted by atomic mass is 10.00. The zero-order valence-electron chi connectivity index (χ0n) is 18.7. The van der Waals surface area contributed by atoms with E-state index in [-0.39, 0.29) is 11.9 Å². The minimum Gasteiger partial charge on any atom is -0.497 e. The maximum Gasteiger partial charge on any atom is 0.258 e. The Balaban J connectivity index is 1.53. The molecule has 0 bridgehead atoms. The van der Waals surface area contributed by atoms with Gasteiger partial charge >= 0.3 is 0 Å². The predicted octanol–water partition coefficient (Wildman–Crippen LogP) is 5.02. The van der Waals surface area contributed by atoms with Gasteiger partial charge in [-0.15, -0.1) is 0 Å². The van der Waals surface area contributed by atoms with Crippen LogP contribution in [0.1, 0.15) is 28.8 Å². The molecule has 0 saturated carbocycles. The zero-order valence-corrected chi connectivity index (χ0v) is 18.7. The van der Waals surface area contributed by atoms with E-state index in [2.05, 4.69) is 29.2 Å². The number of nitrogens with zero attached hydrogens (tertiary/aromatic N) is 2. The summed E-state index contributed by atoms with van der Waals surface area (Å²) in [5.74, 6) is 1.54. The number of carbonyl (C=O) groups is 1. The van der Waals surface area contributed by atoms with E-state index in [1.54, 1.807) is 14.2 Å². The molecular formula is C27H30N2O3. The van der Waals surface area contributed by atoms with Crippen molar-refractivity contribution in [3.05, 3.63) is 90.0 Å². The predicted molar refractivity (Wildman–Crippen MR) is 128 cm³/mol. The highest BCUT2D eigenvalue weighted by molar-refractivity contribution is 6.06. The Morgan fingerprint density at radius 3 is 1.97 bits per heavy atom. The Hall–Kier alpha value is -3.31. The second-order valence-electron chi connectivity index (χ2n) is 8.09. The minimum absolute atomic E-state index is 0.0133. The number of likely N-dealkylation sites (tertiary alicyclic amines) is 1. The summed E-state index contributed by atoms with van der Waals surface area (Å²) < 4.78 is 10.6. The Labute approximate surface area is 190 Å². The second kappa shape index (κ2) is 10.3. The van der Waals surface area contributed by atoms with Crippen molar-refractivity contribution in [1.82, 2.24) is 4.90 Å². The molecule has 1 amide bonds. The summed E-state index contributed by atoms with van der Waals surface area (Å²) >= 11 is 0. The van der Waals surface area contributed by atoms with E-state index in [0.717, 1.165) is 49.7 Å². The molecule has 3 aromatic rings. The highest BCUT2D eigenvalue weighted by Gasteiger charge is 2.30. The first-order chi connectivity index (χ1) is 15.7. The molecule has 166 valence electrons. The quantitative estimate of drug-likeness (QED) is 0.528. The van der Waals surface area contributed by atoms with E-state index in [4.69, 9.17) is 9.47 Å². The van der Waals surface area contributed by atoms with Gasteiger partial charge in [0.1, 0.15) is 11.5 Å². The van der Waals surface area contributed by atoms with E-state index in [1.807, 2.05) is 59.5 Å². The van der Waals surface area contributed by atoms with E-state index >= 15 is 0 Å². The number of amides is 1. The molecule has 0 radical (unpaired) electrons. The Morgan fingerprint density at radius 2 is 1.41 bits per heavy atom. The van der Waals surface area contributed by atoms with Crippen molar-refractivity contribution in [3.63, 3.8) is 0 Å². The van der Waals surface area contributed by atoms with Crippen molar-refractivity contribution in [3.8, 4) is 11.5 Å². The standard InChI is InChI=1S/C27H30N2O3/c1-31-25-12-8-22(9-13-25)27(30)29(23-10-14-26(32-2)15-11-23)24-16-18-28(19-17-24)20-21-6-4-3-5-7-21/h3-15,24H,16-20H2,1-2H3. The molecule has 1 heterocycles. The topological polar surface area (TPSA) is 42.0 Å². The van der Waals surface area contributed by atoms with Crippen molar-refractivity contribution < 1.29 is 14.3 Å². The van der Waals surface area contributed by atoms with Gasteiger partial charge in [0.15, 0.2) is 0 Å². The average Bonchev–Trinajstić information content (AvgIpc) is 2.86. The number of ether oxygens (including phenoxy) is 2. The zero-order chi connectivity index (χ0) is 22.3. The van der Waals surface area contributed by atoms with Crippen LogP contribution in [0.2, 0.25) is 0 Å². The molecular weight excluding hydrogens is 400 g/mol. The fourth-order valence-corrected chi connectivity index (χ4v) is 4.29. The van der Waals surface area contributed by atoms with Crippen LogP contribution in [-0.4, -0.2) is 44.2 Å². The molecule has 0 atom stereocenters. The number of rotatable bonds is 7. The maximum atomic E-state index is 13.6.